The maximum absolute atomic E-state index is 13.5. The van der Waals surface area contributed by atoms with Gasteiger partial charge in [0.2, 0.25) is 5.95 Å². The molecule has 1 unspecified atom stereocenters. The van der Waals surface area contributed by atoms with Crippen molar-refractivity contribution in [2.75, 3.05) is 10.6 Å². The van der Waals surface area contributed by atoms with Crippen molar-refractivity contribution in [3.05, 3.63) is 91.1 Å². The summed E-state index contributed by atoms with van der Waals surface area (Å²) in [7, 11) is 0. The van der Waals surface area contributed by atoms with E-state index >= 15 is 0 Å². The van der Waals surface area contributed by atoms with E-state index < -0.39 is 23.3 Å². The molecule has 2 atom stereocenters. The second-order valence-electron chi connectivity index (χ2n) is 8.70. The van der Waals surface area contributed by atoms with Gasteiger partial charge in [-0.3, -0.25) is 9.36 Å². The molecule has 1 aliphatic heterocycles. The molecule has 2 N–H and O–H groups in total. The standard InChI is InChI=1S/C25H26N6O4/c1-15-4-7-18(8-5-15)14-30-23(27-20-10-11-21-19(13-20)9-6-16(2)26-21)28-24(33)31(25(30)34)17(3)12-22(32)29-35/h4-11,13,16-17,26H,12,14H2,1-3H3,(H,27,28,33)/t16?,17-/m0/s1. The van der Waals surface area contributed by atoms with Crippen molar-refractivity contribution < 1.29 is 4.79 Å². The van der Waals surface area contributed by atoms with Crippen molar-refractivity contribution in [2.24, 2.45) is 5.18 Å². The highest BCUT2D eigenvalue weighted by Gasteiger charge is 2.21. The molecule has 0 radical (unpaired) electrons. The van der Waals surface area contributed by atoms with Gasteiger partial charge in [-0.1, -0.05) is 42.0 Å². The molecule has 180 valence electrons. The highest BCUT2D eigenvalue weighted by Crippen LogP contribution is 2.27. The van der Waals surface area contributed by atoms with Crippen molar-refractivity contribution in [2.45, 2.75) is 45.8 Å². The van der Waals surface area contributed by atoms with Gasteiger partial charge < -0.3 is 10.6 Å². The Morgan fingerprint density at radius 3 is 2.66 bits per heavy atom. The lowest BCUT2D eigenvalue weighted by molar-refractivity contribution is -0.118. The number of benzene rings is 2. The number of fused-ring (bicyclic) bond motifs is 1. The molecule has 0 spiro atoms. The lowest BCUT2D eigenvalue weighted by Gasteiger charge is -2.21. The average Bonchev–Trinajstić information content (AvgIpc) is 2.82. The third-order valence-electron chi connectivity index (χ3n) is 5.83. The van der Waals surface area contributed by atoms with Crippen molar-refractivity contribution >= 4 is 29.3 Å². The number of carbonyl (C=O) groups is 1. The maximum atomic E-state index is 13.5. The third-order valence-corrected chi connectivity index (χ3v) is 5.83. The molecule has 0 saturated carbocycles. The van der Waals surface area contributed by atoms with Crippen molar-refractivity contribution in [3.63, 3.8) is 0 Å². The second-order valence-corrected chi connectivity index (χ2v) is 8.70. The Morgan fingerprint density at radius 1 is 1.20 bits per heavy atom. The Balaban J connectivity index is 1.77. The van der Waals surface area contributed by atoms with Crippen LogP contribution in [0.5, 0.6) is 0 Å². The number of nitrogens with one attached hydrogen (secondary N) is 2. The van der Waals surface area contributed by atoms with Crippen LogP contribution in [0.25, 0.3) is 6.08 Å². The minimum absolute atomic E-state index is 0.0740. The lowest BCUT2D eigenvalue weighted by atomic mass is 10.1. The Kier molecular flexibility index (Phi) is 6.72. The molecule has 0 bridgehead atoms. The van der Waals surface area contributed by atoms with Crippen LogP contribution >= 0.6 is 0 Å². The Hall–Kier alpha value is -4.34. The summed E-state index contributed by atoms with van der Waals surface area (Å²) in [5.41, 5.74) is 3.03. The first-order valence-electron chi connectivity index (χ1n) is 11.3. The number of rotatable bonds is 7. The van der Waals surface area contributed by atoms with Gasteiger partial charge in [-0.05, 0) is 50.1 Å². The number of hydrogen-bond donors (Lipinski definition) is 2. The quantitative estimate of drug-likeness (QED) is 0.501. The summed E-state index contributed by atoms with van der Waals surface area (Å²) in [6.07, 6.45) is 3.67. The van der Waals surface area contributed by atoms with Gasteiger partial charge in [0.25, 0.3) is 5.91 Å². The van der Waals surface area contributed by atoms with Crippen LogP contribution in [0.2, 0.25) is 0 Å². The first-order chi connectivity index (χ1) is 16.7. The van der Waals surface area contributed by atoms with Crippen LogP contribution in [-0.4, -0.2) is 26.1 Å². The van der Waals surface area contributed by atoms with Crippen LogP contribution in [0.1, 0.15) is 43.0 Å². The molecule has 0 saturated heterocycles. The minimum Gasteiger partial charge on any atom is -0.379 e. The molecule has 2 aromatic carbocycles. The van der Waals surface area contributed by atoms with E-state index in [1.54, 1.807) is 0 Å². The zero-order chi connectivity index (χ0) is 25.1. The Bertz CT molecular complexity index is 1420. The van der Waals surface area contributed by atoms with E-state index in [4.69, 9.17) is 0 Å². The van der Waals surface area contributed by atoms with E-state index in [1.807, 2.05) is 68.5 Å². The number of aryl methyl sites for hydroxylation is 1. The van der Waals surface area contributed by atoms with E-state index in [0.717, 1.165) is 26.9 Å². The fraction of sp³-hybridized carbons (Fsp3) is 0.280. The molecule has 1 amide bonds. The fourth-order valence-corrected chi connectivity index (χ4v) is 3.96. The molecule has 10 heteroatoms. The third kappa shape index (κ3) is 5.26. The van der Waals surface area contributed by atoms with Crippen LogP contribution in [0.15, 0.2) is 63.3 Å². The number of anilines is 3. The summed E-state index contributed by atoms with van der Waals surface area (Å²) < 4.78 is 2.22. The van der Waals surface area contributed by atoms with E-state index in [-0.39, 0.29) is 25.0 Å². The lowest BCUT2D eigenvalue weighted by Crippen LogP contribution is -2.44. The van der Waals surface area contributed by atoms with Crippen LogP contribution in [0.3, 0.4) is 0 Å². The van der Waals surface area contributed by atoms with Gasteiger partial charge in [-0.2, -0.15) is 4.98 Å². The number of aromatic nitrogens is 3. The molecule has 1 aromatic heterocycles. The van der Waals surface area contributed by atoms with E-state index in [9.17, 15) is 19.3 Å². The van der Waals surface area contributed by atoms with E-state index in [0.29, 0.717) is 5.69 Å². The van der Waals surface area contributed by atoms with Gasteiger partial charge in [0, 0.05) is 28.6 Å². The second kappa shape index (κ2) is 9.88. The smallest absolute Gasteiger partial charge is 0.355 e. The van der Waals surface area contributed by atoms with Gasteiger partial charge >= 0.3 is 11.4 Å². The van der Waals surface area contributed by atoms with E-state index in [2.05, 4.69) is 20.8 Å². The van der Waals surface area contributed by atoms with Crippen LogP contribution in [0, 0.1) is 11.8 Å². The fourth-order valence-electron chi connectivity index (χ4n) is 3.96. The Labute approximate surface area is 201 Å². The first kappa shape index (κ1) is 23.8. The molecule has 3 aromatic rings. The number of hydrogen-bond acceptors (Lipinski definition) is 7. The normalized spacial score (nSPS) is 15.1. The SMILES string of the molecule is Cc1ccc(Cn2c(Nc3ccc4c(c3)C=CC(C)N4)nc(=O)n([C@@H](C)CC(=O)N=O)c2=O)cc1. The van der Waals surface area contributed by atoms with Crippen molar-refractivity contribution in [3.8, 4) is 0 Å². The molecular weight excluding hydrogens is 448 g/mol. The average molecular weight is 475 g/mol. The summed E-state index contributed by atoms with van der Waals surface area (Å²) in [6.45, 7) is 5.66. The highest BCUT2D eigenvalue weighted by molar-refractivity contribution is 5.77. The topological polar surface area (TPSA) is 127 Å². The number of carbonyl (C=O) groups excluding carboxylic acids is 1. The summed E-state index contributed by atoms with van der Waals surface area (Å²) in [4.78, 5) is 52.5. The zero-order valence-corrected chi connectivity index (χ0v) is 19.7. The van der Waals surface area contributed by atoms with Crippen molar-refractivity contribution in [1.82, 2.24) is 14.1 Å². The Morgan fingerprint density at radius 2 is 1.94 bits per heavy atom. The predicted molar refractivity (Wildman–Crippen MR) is 135 cm³/mol. The molecule has 4 rings (SSSR count). The minimum atomic E-state index is -0.943. The molecular formula is C25H26N6O4. The number of nitrogens with zero attached hydrogens (tertiary/aromatic N) is 4. The number of amides is 1. The monoisotopic (exact) mass is 474 g/mol. The summed E-state index contributed by atoms with van der Waals surface area (Å²) in [6, 6.07) is 12.6. The number of nitroso groups, excluding NO2 is 1. The molecule has 0 fully saturated rings. The van der Waals surface area contributed by atoms with Gasteiger partial charge in [-0.25, -0.2) is 14.2 Å². The summed E-state index contributed by atoms with van der Waals surface area (Å²) >= 11 is 0. The molecule has 0 aliphatic carbocycles. The first-order valence-corrected chi connectivity index (χ1v) is 11.3. The largest absolute Gasteiger partial charge is 0.379 e. The molecule has 2 heterocycles. The summed E-state index contributed by atoms with van der Waals surface area (Å²) in [5, 5.41) is 8.84. The predicted octanol–water partition coefficient (Wildman–Crippen LogP) is 3.58. The van der Waals surface area contributed by atoms with Gasteiger partial charge in [0.15, 0.2) is 0 Å². The highest BCUT2D eigenvalue weighted by atomic mass is 16.3. The summed E-state index contributed by atoms with van der Waals surface area (Å²) in [5.74, 6) is -0.869. The van der Waals surface area contributed by atoms with Crippen LogP contribution in [0.4, 0.5) is 17.3 Å². The molecule has 1 aliphatic rings. The zero-order valence-electron chi connectivity index (χ0n) is 19.7. The van der Waals surface area contributed by atoms with E-state index in [1.165, 1.54) is 11.5 Å². The van der Waals surface area contributed by atoms with Crippen LogP contribution in [-0.2, 0) is 11.3 Å². The molecule has 10 nitrogen and oxygen atoms in total. The van der Waals surface area contributed by atoms with Crippen molar-refractivity contribution in [1.29, 1.82) is 0 Å². The van der Waals surface area contributed by atoms with Gasteiger partial charge in [0.1, 0.15) is 0 Å². The van der Waals surface area contributed by atoms with Gasteiger partial charge in [0.05, 0.1) is 13.0 Å². The van der Waals surface area contributed by atoms with Crippen LogP contribution < -0.4 is 22.0 Å². The maximum Gasteiger partial charge on any atom is 0.355 e. The molecule has 35 heavy (non-hydrogen) atoms. The van der Waals surface area contributed by atoms with Gasteiger partial charge in [-0.15, -0.1) is 4.91 Å².